The number of amides is 1. The lowest BCUT2D eigenvalue weighted by Gasteiger charge is -2.18. The molecule has 0 heterocycles. The van der Waals surface area contributed by atoms with Crippen molar-refractivity contribution < 1.29 is 19.1 Å². The van der Waals surface area contributed by atoms with Gasteiger partial charge in [-0.25, -0.2) is 4.79 Å². The van der Waals surface area contributed by atoms with Gasteiger partial charge in [0.25, 0.3) is 5.91 Å². The number of carbonyl (C=O) groups excluding carboxylic acids is 2. The summed E-state index contributed by atoms with van der Waals surface area (Å²) in [5.41, 5.74) is 2.74. The smallest absolute Gasteiger partial charge is 0.344 e. The number of carbonyl (C=O) groups is 2. The normalized spacial score (nSPS) is 12.7. The minimum Gasteiger partial charge on any atom is -0.482 e. The Labute approximate surface area is 160 Å². The average Bonchev–Trinajstić information content (AvgIpc) is 2.67. The van der Waals surface area contributed by atoms with E-state index in [1.54, 1.807) is 13.0 Å². The van der Waals surface area contributed by atoms with Crippen LogP contribution in [-0.2, 0) is 14.3 Å². The molecule has 0 aliphatic carbocycles. The number of aryl methyl sites for hydroxylation is 1. The maximum absolute atomic E-state index is 12.4. The highest BCUT2D eigenvalue weighted by atomic mass is 16.6. The second-order valence-electron chi connectivity index (χ2n) is 6.57. The third-order valence-electron chi connectivity index (χ3n) is 4.48. The highest BCUT2D eigenvalue weighted by Crippen LogP contribution is 2.26. The summed E-state index contributed by atoms with van der Waals surface area (Å²) in [6.07, 6.45) is 0.0520. The van der Waals surface area contributed by atoms with Crippen LogP contribution in [0.15, 0.2) is 48.5 Å². The summed E-state index contributed by atoms with van der Waals surface area (Å²) in [5.74, 6) is -0.0120. The van der Waals surface area contributed by atoms with Crippen LogP contribution in [-0.4, -0.2) is 24.6 Å². The lowest BCUT2D eigenvalue weighted by Crippen LogP contribution is -2.32. The van der Waals surface area contributed by atoms with Gasteiger partial charge in [0.15, 0.2) is 12.7 Å². The Morgan fingerprint density at radius 2 is 1.70 bits per heavy atom. The van der Waals surface area contributed by atoms with Gasteiger partial charge < -0.3 is 14.8 Å². The zero-order chi connectivity index (χ0) is 19.8. The summed E-state index contributed by atoms with van der Waals surface area (Å²) >= 11 is 0. The number of para-hydroxylation sites is 2. The van der Waals surface area contributed by atoms with Crippen molar-refractivity contribution in [2.75, 3.05) is 11.9 Å². The highest BCUT2D eigenvalue weighted by molar-refractivity contribution is 5.95. The fourth-order valence-electron chi connectivity index (χ4n) is 2.63. The van der Waals surface area contributed by atoms with Crippen molar-refractivity contribution in [3.05, 3.63) is 59.7 Å². The number of benzene rings is 2. The Kier molecular flexibility index (Phi) is 7.41. The molecule has 0 fully saturated rings. The second-order valence-corrected chi connectivity index (χ2v) is 6.57. The molecule has 5 nitrogen and oxygen atoms in total. The van der Waals surface area contributed by atoms with Crippen molar-refractivity contribution in [3.8, 4) is 5.75 Å². The minimum absolute atomic E-state index is 0.244. The van der Waals surface area contributed by atoms with Gasteiger partial charge in [-0.2, -0.15) is 0 Å². The Balaban J connectivity index is 1.90. The van der Waals surface area contributed by atoms with Crippen LogP contribution in [0.2, 0.25) is 0 Å². The van der Waals surface area contributed by atoms with Crippen molar-refractivity contribution in [2.24, 2.45) is 0 Å². The van der Waals surface area contributed by atoms with Crippen LogP contribution >= 0.6 is 0 Å². The molecule has 2 atom stereocenters. The van der Waals surface area contributed by atoms with Gasteiger partial charge >= 0.3 is 5.97 Å². The molecule has 0 bridgehead atoms. The number of rotatable bonds is 8. The Bertz CT molecular complexity index is 787. The average molecular weight is 369 g/mol. The van der Waals surface area contributed by atoms with Gasteiger partial charge in [0.2, 0.25) is 0 Å². The van der Waals surface area contributed by atoms with E-state index in [9.17, 15) is 9.59 Å². The van der Waals surface area contributed by atoms with Crippen molar-refractivity contribution in [2.45, 2.75) is 46.1 Å². The number of hydrogen-bond donors (Lipinski definition) is 1. The van der Waals surface area contributed by atoms with E-state index in [-0.39, 0.29) is 12.5 Å². The van der Waals surface area contributed by atoms with Gasteiger partial charge in [-0.05, 0) is 49.4 Å². The highest BCUT2D eigenvalue weighted by Gasteiger charge is 2.20. The Morgan fingerprint density at radius 3 is 2.41 bits per heavy atom. The number of hydrogen-bond acceptors (Lipinski definition) is 4. The number of anilines is 1. The third kappa shape index (κ3) is 5.84. The first-order chi connectivity index (χ1) is 12.9. The van der Waals surface area contributed by atoms with Gasteiger partial charge in [0, 0.05) is 5.69 Å². The largest absolute Gasteiger partial charge is 0.482 e. The summed E-state index contributed by atoms with van der Waals surface area (Å²) in [6.45, 7) is 7.41. The molecular weight excluding hydrogens is 342 g/mol. The van der Waals surface area contributed by atoms with Crippen LogP contribution in [0.4, 0.5) is 5.69 Å². The molecule has 0 saturated carbocycles. The van der Waals surface area contributed by atoms with Crippen LogP contribution < -0.4 is 10.1 Å². The lowest BCUT2D eigenvalue weighted by molar-refractivity contribution is -0.155. The van der Waals surface area contributed by atoms with E-state index in [4.69, 9.17) is 9.47 Å². The predicted octanol–water partition coefficient (Wildman–Crippen LogP) is 4.46. The fourth-order valence-corrected chi connectivity index (χ4v) is 2.63. The second kappa shape index (κ2) is 9.76. The summed E-state index contributed by atoms with van der Waals surface area (Å²) in [6, 6.07) is 15.1. The SMILES string of the molecule is CCC(C)c1ccccc1NC(=O)C(C)OC(=O)COc1ccccc1C. The van der Waals surface area contributed by atoms with E-state index in [0.29, 0.717) is 11.7 Å². The first kappa shape index (κ1) is 20.5. The van der Waals surface area contributed by atoms with E-state index in [1.165, 1.54) is 0 Å². The zero-order valence-electron chi connectivity index (χ0n) is 16.3. The van der Waals surface area contributed by atoms with E-state index in [2.05, 4.69) is 19.2 Å². The van der Waals surface area contributed by atoms with Crippen LogP contribution in [0.1, 0.15) is 44.2 Å². The van der Waals surface area contributed by atoms with E-state index in [0.717, 1.165) is 23.2 Å². The van der Waals surface area contributed by atoms with Crippen LogP contribution in [0.25, 0.3) is 0 Å². The van der Waals surface area contributed by atoms with Crippen molar-refractivity contribution in [1.82, 2.24) is 0 Å². The van der Waals surface area contributed by atoms with Gasteiger partial charge in [-0.3, -0.25) is 4.79 Å². The molecule has 2 aromatic rings. The Hall–Kier alpha value is -2.82. The molecule has 2 unspecified atom stereocenters. The summed E-state index contributed by atoms with van der Waals surface area (Å²) in [4.78, 5) is 24.4. The molecule has 0 saturated heterocycles. The Morgan fingerprint density at radius 1 is 1.04 bits per heavy atom. The number of esters is 1. The summed E-state index contributed by atoms with van der Waals surface area (Å²) < 4.78 is 10.7. The number of nitrogens with one attached hydrogen (secondary N) is 1. The lowest BCUT2D eigenvalue weighted by atomic mass is 9.97. The molecule has 1 N–H and O–H groups in total. The molecule has 5 heteroatoms. The van der Waals surface area contributed by atoms with Gasteiger partial charge in [-0.15, -0.1) is 0 Å². The molecule has 27 heavy (non-hydrogen) atoms. The minimum atomic E-state index is -0.914. The molecule has 1 amide bonds. The first-order valence-corrected chi connectivity index (χ1v) is 9.20. The molecule has 2 aromatic carbocycles. The molecule has 0 spiro atoms. The van der Waals surface area contributed by atoms with Crippen LogP contribution in [0.3, 0.4) is 0 Å². The predicted molar refractivity (Wildman–Crippen MR) is 106 cm³/mol. The summed E-state index contributed by atoms with van der Waals surface area (Å²) in [7, 11) is 0. The van der Waals surface area contributed by atoms with E-state index >= 15 is 0 Å². The maximum Gasteiger partial charge on any atom is 0.344 e. The molecule has 0 aliphatic rings. The van der Waals surface area contributed by atoms with Gasteiger partial charge in [-0.1, -0.05) is 50.2 Å². The number of ether oxygens (including phenoxy) is 2. The fraction of sp³-hybridized carbons (Fsp3) is 0.364. The van der Waals surface area contributed by atoms with Gasteiger partial charge in [0.05, 0.1) is 0 Å². The standard InChI is InChI=1S/C22H27NO4/c1-5-15(2)18-11-7-8-12-19(18)23-22(25)17(4)27-21(24)14-26-20-13-9-6-10-16(20)3/h6-13,15,17H,5,14H2,1-4H3,(H,23,25). The molecule has 0 aromatic heterocycles. The topological polar surface area (TPSA) is 64.6 Å². The molecular formula is C22H27NO4. The van der Waals surface area contributed by atoms with Crippen molar-refractivity contribution >= 4 is 17.6 Å². The summed E-state index contributed by atoms with van der Waals surface area (Å²) in [5, 5.41) is 2.86. The maximum atomic E-state index is 12.4. The van der Waals surface area contributed by atoms with Crippen molar-refractivity contribution in [3.63, 3.8) is 0 Å². The zero-order valence-corrected chi connectivity index (χ0v) is 16.3. The van der Waals surface area contributed by atoms with Gasteiger partial charge in [0.1, 0.15) is 5.75 Å². The molecule has 144 valence electrons. The van der Waals surface area contributed by atoms with Crippen LogP contribution in [0.5, 0.6) is 5.75 Å². The van der Waals surface area contributed by atoms with E-state index in [1.807, 2.05) is 49.4 Å². The monoisotopic (exact) mass is 369 g/mol. The molecule has 2 rings (SSSR count). The van der Waals surface area contributed by atoms with E-state index < -0.39 is 12.1 Å². The first-order valence-electron chi connectivity index (χ1n) is 9.20. The quantitative estimate of drug-likeness (QED) is 0.698. The van der Waals surface area contributed by atoms with Crippen molar-refractivity contribution in [1.29, 1.82) is 0 Å². The molecule has 0 aliphatic heterocycles. The van der Waals surface area contributed by atoms with Crippen LogP contribution in [0, 0.1) is 6.92 Å². The third-order valence-corrected chi connectivity index (χ3v) is 4.48. The molecule has 0 radical (unpaired) electrons.